The lowest BCUT2D eigenvalue weighted by atomic mass is 10.1. The predicted octanol–water partition coefficient (Wildman–Crippen LogP) is 2.55. The Bertz CT molecular complexity index is 407. The van der Waals surface area contributed by atoms with Crippen LogP contribution in [0.1, 0.15) is 10.8 Å². The minimum atomic E-state index is -0.242. The lowest BCUT2D eigenvalue weighted by Gasteiger charge is -2.31. The minimum Gasteiger partial charge on any atom is -0.497 e. The van der Waals surface area contributed by atoms with Crippen molar-refractivity contribution in [3.8, 4) is 5.75 Å². The minimum absolute atomic E-state index is 0.242. The first-order valence-electron chi connectivity index (χ1n) is 5.83. The van der Waals surface area contributed by atoms with Crippen LogP contribution in [-0.2, 0) is 4.74 Å². The van der Waals surface area contributed by atoms with Crippen LogP contribution < -0.4 is 4.74 Å². The molecule has 18 heavy (non-hydrogen) atoms. The number of nitrogens with zero attached hydrogens (tertiary/aromatic N) is 1. The fourth-order valence-corrected chi connectivity index (χ4v) is 3.21. The molecule has 1 aliphatic rings. The molecule has 2 rings (SSSR count). The van der Waals surface area contributed by atoms with Crippen LogP contribution in [0.3, 0.4) is 0 Å². The second-order valence-corrected chi connectivity index (χ2v) is 5.36. The van der Waals surface area contributed by atoms with Crippen molar-refractivity contribution in [2.75, 3.05) is 33.1 Å². The highest BCUT2D eigenvalue weighted by Gasteiger charge is 2.25. The van der Waals surface area contributed by atoms with Crippen LogP contribution in [0.2, 0.25) is 0 Å². The summed E-state index contributed by atoms with van der Waals surface area (Å²) in [6, 6.07) is 8.01. The molecule has 1 saturated heterocycles. The van der Waals surface area contributed by atoms with Gasteiger partial charge in [-0.2, -0.15) is 11.8 Å². The van der Waals surface area contributed by atoms with Crippen molar-refractivity contribution in [2.24, 2.45) is 0 Å². The van der Waals surface area contributed by atoms with Crippen molar-refractivity contribution in [3.05, 3.63) is 29.8 Å². The van der Waals surface area contributed by atoms with E-state index < -0.39 is 0 Å². The van der Waals surface area contributed by atoms with Crippen LogP contribution in [0.5, 0.6) is 5.75 Å². The first-order valence-corrected chi connectivity index (χ1v) is 6.88. The first kappa shape index (κ1) is 13.1. The largest absolute Gasteiger partial charge is 0.497 e. The summed E-state index contributed by atoms with van der Waals surface area (Å²) in [7, 11) is 3.08. The van der Waals surface area contributed by atoms with Gasteiger partial charge in [0.25, 0.3) is 0 Å². The zero-order valence-corrected chi connectivity index (χ0v) is 11.4. The standard InChI is InChI=1S/C13H17NO3S/c1-16-11-5-3-10(4-6-11)12-9-14(7-8-18-12)13(15)17-2/h3-6,12H,7-9H2,1-2H3. The number of amides is 1. The van der Waals surface area contributed by atoms with E-state index in [1.165, 1.54) is 12.7 Å². The van der Waals surface area contributed by atoms with E-state index in [2.05, 4.69) is 12.1 Å². The maximum absolute atomic E-state index is 11.5. The number of thioether (sulfide) groups is 1. The highest BCUT2D eigenvalue weighted by atomic mass is 32.2. The molecular weight excluding hydrogens is 250 g/mol. The zero-order chi connectivity index (χ0) is 13.0. The van der Waals surface area contributed by atoms with Gasteiger partial charge in [-0.1, -0.05) is 12.1 Å². The monoisotopic (exact) mass is 267 g/mol. The molecule has 0 N–H and O–H groups in total. The fraction of sp³-hybridized carbons (Fsp3) is 0.462. The Hall–Kier alpha value is -1.36. The third-order valence-electron chi connectivity index (χ3n) is 2.99. The van der Waals surface area contributed by atoms with E-state index in [0.29, 0.717) is 11.8 Å². The Morgan fingerprint density at radius 3 is 2.67 bits per heavy atom. The topological polar surface area (TPSA) is 38.8 Å². The van der Waals surface area contributed by atoms with E-state index in [1.807, 2.05) is 23.9 Å². The van der Waals surface area contributed by atoms with E-state index in [0.717, 1.165) is 18.0 Å². The molecule has 0 aromatic heterocycles. The van der Waals surface area contributed by atoms with E-state index in [-0.39, 0.29) is 6.09 Å². The van der Waals surface area contributed by atoms with Crippen LogP contribution in [0.25, 0.3) is 0 Å². The number of ether oxygens (including phenoxy) is 2. The second kappa shape index (κ2) is 6.00. The normalized spacial score (nSPS) is 19.4. The van der Waals surface area contributed by atoms with E-state index >= 15 is 0 Å². The molecule has 0 radical (unpaired) electrons. The molecule has 1 fully saturated rings. The number of rotatable bonds is 2. The van der Waals surface area contributed by atoms with Gasteiger partial charge in [0.15, 0.2) is 0 Å². The summed E-state index contributed by atoms with van der Waals surface area (Å²) in [6.07, 6.45) is -0.242. The summed E-state index contributed by atoms with van der Waals surface area (Å²) in [5.41, 5.74) is 1.22. The maximum Gasteiger partial charge on any atom is 0.409 e. The van der Waals surface area contributed by atoms with E-state index in [1.54, 1.807) is 12.0 Å². The van der Waals surface area contributed by atoms with Gasteiger partial charge in [-0.25, -0.2) is 4.79 Å². The zero-order valence-electron chi connectivity index (χ0n) is 10.6. The molecule has 98 valence electrons. The van der Waals surface area contributed by atoms with Gasteiger partial charge in [-0.3, -0.25) is 0 Å². The van der Waals surface area contributed by atoms with Gasteiger partial charge in [-0.05, 0) is 17.7 Å². The van der Waals surface area contributed by atoms with Crippen LogP contribution in [0.15, 0.2) is 24.3 Å². The van der Waals surface area contributed by atoms with Crippen molar-refractivity contribution < 1.29 is 14.3 Å². The van der Waals surface area contributed by atoms with E-state index in [4.69, 9.17) is 9.47 Å². The Morgan fingerprint density at radius 1 is 1.33 bits per heavy atom. The summed E-state index contributed by atoms with van der Waals surface area (Å²) in [5.74, 6) is 1.79. The molecule has 0 saturated carbocycles. The molecule has 1 unspecified atom stereocenters. The SMILES string of the molecule is COC(=O)N1CCSC(c2ccc(OC)cc2)C1. The number of carbonyl (C=O) groups excluding carboxylic acids is 1. The number of hydrogen-bond donors (Lipinski definition) is 0. The van der Waals surface area contributed by atoms with Crippen molar-refractivity contribution >= 4 is 17.9 Å². The molecule has 0 spiro atoms. The molecule has 5 heteroatoms. The summed E-state index contributed by atoms with van der Waals surface area (Å²) < 4.78 is 9.91. The average Bonchev–Trinajstić information content (AvgIpc) is 2.46. The first-order chi connectivity index (χ1) is 8.74. The second-order valence-electron chi connectivity index (χ2n) is 4.05. The predicted molar refractivity (Wildman–Crippen MR) is 72.2 cm³/mol. The van der Waals surface area contributed by atoms with Crippen LogP contribution in [0, 0.1) is 0 Å². The van der Waals surface area contributed by atoms with Gasteiger partial charge < -0.3 is 14.4 Å². The summed E-state index contributed by atoms with van der Waals surface area (Å²) >= 11 is 1.87. The molecule has 1 atom stereocenters. The molecule has 1 aromatic carbocycles. The van der Waals surface area contributed by atoms with Gasteiger partial charge >= 0.3 is 6.09 Å². The van der Waals surface area contributed by atoms with Crippen LogP contribution in [-0.4, -0.2) is 44.1 Å². The fourth-order valence-electron chi connectivity index (χ4n) is 1.96. The maximum atomic E-state index is 11.5. The van der Waals surface area contributed by atoms with Gasteiger partial charge in [0.1, 0.15) is 5.75 Å². The van der Waals surface area contributed by atoms with Crippen LogP contribution in [0.4, 0.5) is 4.79 Å². The Balaban J connectivity index is 2.05. The Morgan fingerprint density at radius 2 is 2.06 bits per heavy atom. The number of carbonyl (C=O) groups is 1. The molecule has 1 heterocycles. The smallest absolute Gasteiger partial charge is 0.409 e. The number of benzene rings is 1. The Labute approximate surface area is 111 Å². The lowest BCUT2D eigenvalue weighted by Crippen LogP contribution is -2.39. The van der Waals surface area contributed by atoms with Gasteiger partial charge in [-0.15, -0.1) is 0 Å². The summed E-state index contributed by atoms with van der Waals surface area (Å²) in [4.78, 5) is 13.3. The number of hydrogen-bond acceptors (Lipinski definition) is 4. The molecule has 1 aromatic rings. The number of methoxy groups -OCH3 is 2. The van der Waals surface area contributed by atoms with E-state index in [9.17, 15) is 4.79 Å². The third kappa shape index (κ3) is 2.90. The van der Waals surface area contributed by atoms with Gasteiger partial charge in [0.05, 0.1) is 14.2 Å². The summed E-state index contributed by atoms with van der Waals surface area (Å²) in [6.45, 7) is 1.45. The highest BCUT2D eigenvalue weighted by molar-refractivity contribution is 7.99. The molecule has 1 amide bonds. The molecule has 0 aliphatic carbocycles. The van der Waals surface area contributed by atoms with Crippen molar-refractivity contribution in [1.82, 2.24) is 4.90 Å². The van der Waals surface area contributed by atoms with Crippen molar-refractivity contribution in [3.63, 3.8) is 0 Å². The molecular formula is C13H17NO3S. The summed E-state index contributed by atoms with van der Waals surface area (Å²) in [5, 5.41) is 0.309. The molecule has 0 bridgehead atoms. The quantitative estimate of drug-likeness (QED) is 0.825. The Kier molecular flexibility index (Phi) is 4.36. The third-order valence-corrected chi connectivity index (χ3v) is 4.23. The average molecular weight is 267 g/mol. The van der Waals surface area contributed by atoms with Crippen molar-refractivity contribution in [1.29, 1.82) is 0 Å². The van der Waals surface area contributed by atoms with Gasteiger partial charge in [0.2, 0.25) is 0 Å². The lowest BCUT2D eigenvalue weighted by molar-refractivity contribution is 0.125. The molecule has 4 nitrogen and oxygen atoms in total. The molecule has 1 aliphatic heterocycles. The highest BCUT2D eigenvalue weighted by Crippen LogP contribution is 2.33. The van der Waals surface area contributed by atoms with Crippen molar-refractivity contribution in [2.45, 2.75) is 5.25 Å². The van der Waals surface area contributed by atoms with Crippen LogP contribution >= 0.6 is 11.8 Å². The van der Waals surface area contributed by atoms with Gasteiger partial charge in [0, 0.05) is 24.1 Å².